The van der Waals surface area contributed by atoms with E-state index in [1.807, 2.05) is 77.7 Å². The number of phenols is 2. The Morgan fingerprint density at radius 3 is 1.30 bits per heavy atom. The first-order valence-electron chi connectivity index (χ1n) is 12.8. The van der Waals surface area contributed by atoms with Crippen LogP contribution in [0.3, 0.4) is 0 Å². The molecule has 0 spiro atoms. The van der Waals surface area contributed by atoms with E-state index < -0.39 is 0 Å². The monoisotopic (exact) mass is 534 g/mol. The zero-order valence-corrected chi connectivity index (χ0v) is 21.5. The SMILES string of the molecule is Oc1ccc(-c2ccc(Oc3nc(Oc4ccc(-c5ccc(O)cc5)cc4)nc(N4CCOCC4)n3)cc2)cc1. The van der Waals surface area contributed by atoms with Crippen molar-refractivity contribution in [1.82, 2.24) is 15.0 Å². The molecule has 1 saturated heterocycles. The van der Waals surface area contributed by atoms with Crippen LogP contribution in [0.5, 0.6) is 35.0 Å². The Hall–Kier alpha value is -5.15. The number of anilines is 1. The summed E-state index contributed by atoms with van der Waals surface area (Å²) in [7, 11) is 0. The van der Waals surface area contributed by atoms with Crippen molar-refractivity contribution in [2.24, 2.45) is 0 Å². The molecule has 0 amide bonds. The molecule has 2 N–H and O–H groups in total. The van der Waals surface area contributed by atoms with E-state index in [9.17, 15) is 10.2 Å². The van der Waals surface area contributed by atoms with Crippen molar-refractivity contribution in [3.63, 3.8) is 0 Å². The molecule has 9 nitrogen and oxygen atoms in total. The van der Waals surface area contributed by atoms with Crippen LogP contribution in [0.25, 0.3) is 22.3 Å². The first-order valence-corrected chi connectivity index (χ1v) is 12.8. The van der Waals surface area contributed by atoms with E-state index in [0.29, 0.717) is 43.8 Å². The van der Waals surface area contributed by atoms with Crippen LogP contribution in [0.2, 0.25) is 0 Å². The van der Waals surface area contributed by atoms with Crippen molar-refractivity contribution in [2.45, 2.75) is 0 Å². The molecule has 0 saturated carbocycles. The summed E-state index contributed by atoms with van der Waals surface area (Å²) in [5.41, 5.74) is 3.92. The minimum atomic E-state index is 0.115. The van der Waals surface area contributed by atoms with Crippen molar-refractivity contribution >= 4 is 5.95 Å². The maximum absolute atomic E-state index is 9.54. The number of rotatable bonds is 7. The average Bonchev–Trinajstić information content (AvgIpc) is 2.99. The van der Waals surface area contributed by atoms with Gasteiger partial charge in [-0.2, -0.15) is 9.97 Å². The zero-order valence-electron chi connectivity index (χ0n) is 21.5. The third-order valence-electron chi connectivity index (χ3n) is 6.40. The van der Waals surface area contributed by atoms with Crippen LogP contribution in [-0.2, 0) is 4.74 Å². The van der Waals surface area contributed by atoms with Crippen molar-refractivity contribution in [3.05, 3.63) is 97.1 Å². The van der Waals surface area contributed by atoms with Gasteiger partial charge in [0.1, 0.15) is 23.0 Å². The van der Waals surface area contributed by atoms with Crippen molar-refractivity contribution < 1.29 is 24.4 Å². The molecule has 0 atom stereocenters. The number of phenolic OH excluding ortho intramolecular Hbond substituents is 2. The molecule has 2 heterocycles. The van der Waals surface area contributed by atoms with Gasteiger partial charge in [0.05, 0.1) is 13.2 Å². The molecule has 9 heteroatoms. The highest BCUT2D eigenvalue weighted by Gasteiger charge is 2.19. The van der Waals surface area contributed by atoms with Gasteiger partial charge in [0.25, 0.3) is 0 Å². The van der Waals surface area contributed by atoms with Gasteiger partial charge in [-0.05, 0) is 70.8 Å². The zero-order chi connectivity index (χ0) is 27.3. The lowest BCUT2D eigenvalue weighted by Crippen LogP contribution is -2.37. The lowest BCUT2D eigenvalue weighted by molar-refractivity contribution is 0.122. The fraction of sp³-hybridized carbons (Fsp3) is 0.129. The molecule has 200 valence electrons. The third-order valence-corrected chi connectivity index (χ3v) is 6.40. The first-order chi connectivity index (χ1) is 19.6. The summed E-state index contributed by atoms with van der Waals surface area (Å²) in [4.78, 5) is 15.5. The van der Waals surface area contributed by atoms with Gasteiger partial charge in [-0.3, -0.25) is 0 Å². The molecule has 4 aromatic carbocycles. The quantitative estimate of drug-likeness (QED) is 0.258. The van der Waals surface area contributed by atoms with Crippen molar-refractivity contribution in [3.8, 4) is 57.3 Å². The highest BCUT2D eigenvalue weighted by Crippen LogP contribution is 2.30. The van der Waals surface area contributed by atoms with Crippen LogP contribution < -0.4 is 14.4 Å². The summed E-state index contributed by atoms with van der Waals surface area (Å²) in [5, 5.41) is 19.1. The summed E-state index contributed by atoms with van der Waals surface area (Å²) >= 11 is 0. The van der Waals surface area contributed by atoms with Crippen LogP contribution in [0, 0.1) is 0 Å². The van der Waals surface area contributed by atoms with E-state index in [2.05, 4.69) is 15.0 Å². The Kier molecular flexibility index (Phi) is 7.11. The van der Waals surface area contributed by atoms with Gasteiger partial charge in [0, 0.05) is 13.1 Å². The Morgan fingerprint density at radius 1 is 0.525 bits per heavy atom. The van der Waals surface area contributed by atoms with E-state index in [4.69, 9.17) is 14.2 Å². The Labute approximate surface area is 230 Å². The molecule has 5 aromatic rings. The van der Waals surface area contributed by atoms with Crippen LogP contribution in [0.1, 0.15) is 0 Å². The second-order valence-electron chi connectivity index (χ2n) is 9.15. The van der Waals surface area contributed by atoms with Crippen LogP contribution in [-0.4, -0.2) is 51.5 Å². The van der Waals surface area contributed by atoms with Gasteiger partial charge in [0.2, 0.25) is 5.95 Å². The van der Waals surface area contributed by atoms with Gasteiger partial charge in [-0.15, -0.1) is 4.98 Å². The summed E-state index contributed by atoms with van der Waals surface area (Å²) in [6, 6.07) is 29.3. The second kappa shape index (κ2) is 11.3. The van der Waals surface area contributed by atoms with Gasteiger partial charge in [-0.25, -0.2) is 0 Å². The molecule has 0 unspecified atom stereocenters. The van der Waals surface area contributed by atoms with E-state index in [1.54, 1.807) is 24.3 Å². The maximum Gasteiger partial charge on any atom is 0.330 e. The minimum Gasteiger partial charge on any atom is -0.508 e. The van der Waals surface area contributed by atoms with Crippen LogP contribution in [0.4, 0.5) is 5.95 Å². The van der Waals surface area contributed by atoms with Gasteiger partial charge >= 0.3 is 12.0 Å². The molecule has 0 aliphatic carbocycles. The largest absolute Gasteiger partial charge is 0.508 e. The summed E-state index contributed by atoms with van der Waals surface area (Å²) in [5.74, 6) is 2.02. The number of nitrogens with zero attached hydrogens (tertiary/aromatic N) is 4. The molecule has 1 aliphatic rings. The molecule has 0 radical (unpaired) electrons. The Balaban J connectivity index is 1.23. The van der Waals surface area contributed by atoms with E-state index in [1.165, 1.54) is 0 Å². The van der Waals surface area contributed by atoms with Crippen molar-refractivity contribution in [2.75, 3.05) is 31.2 Å². The lowest BCUT2D eigenvalue weighted by Gasteiger charge is -2.26. The summed E-state index contributed by atoms with van der Waals surface area (Å²) < 4.78 is 17.5. The minimum absolute atomic E-state index is 0.115. The fourth-order valence-corrected chi connectivity index (χ4v) is 4.27. The number of morpholine rings is 1. The Bertz CT molecular complexity index is 1460. The highest BCUT2D eigenvalue weighted by molar-refractivity contribution is 5.65. The molecular formula is C31H26N4O5. The number of hydrogen-bond acceptors (Lipinski definition) is 9. The third kappa shape index (κ3) is 5.95. The molecule has 0 bridgehead atoms. The smallest absolute Gasteiger partial charge is 0.330 e. The second-order valence-corrected chi connectivity index (χ2v) is 9.15. The highest BCUT2D eigenvalue weighted by atomic mass is 16.5. The van der Waals surface area contributed by atoms with Gasteiger partial charge in [-0.1, -0.05) is 48.5 Å². The standard InChI is InChI=1S/C31H26N4O5/c36-25-9-1-21(2-10-25)23-5-13-27(14-6-23)39-30-32-29(35-17-19-38-20-18-35)33-31(34-30)40-28-15-7-24(8-16-28)22-3-11-26(37)12-4-22/h1-16,36-37H,17-20H2. The predicted molar refractivity (Wildman–Crippen MR) is 150 cm³/mol. The summed E-state index contributed by atoms with van der Waals surface area (Å²) in [6.07, 6.45) is 0. The molecule has 1 fully saturated rings. The van der Waals surface area contributed by atoms with Crippen molar-refractivity contribution in [1.29, 1.82) is 0 Å². The fourth-order valence-electron chi connectivity index (χ4n) is 4.27. The van der Waals surface area contributed by atoms with E-state index >= 15 is 0 Å². The number of benzene rings is 4. The molecular weight excluding hydrogens is 508 g/mol. The number of aromatic hydroxyl groups is 2. The summed E-state index contributed by atoms with van der Waals surface area (Å²) in [6.45, 7) is 2.45. The molecule has 1 aromatic heterocycles. The lowest BCUT2D eigenvalue weighted by atomic mass is 10.1. The van der Waals surface area contributed by atoms with E-state index in [-0.39, 0.29) is 23.5 Å². The average molecular weight is 535 g/mol. The molecule has 40 heavy (non-hydrogen) atoms. The molecule has 6 rings (SSSR count). The topological polar surface area (TPSA) is 110 Å². The number of hydrogen-bond donors (Lipinski definition) is 2. The van der Waals surface area contributed by atoms with Gasteiger partial charge in [0.15, 0.2) is 0 Å². The Morgan fingerprint density at radius 2 is 0.900 bits per heavy atom. The van der Waals surface area contributed by atoms with Gasteiger partial charge < -0.3 is 29.3 Å². The normalized spacial score (nSPS) is 13.2. The van der Waals surface area contributed by atoms with Crippen LogP contribution in [0.15, 0.2) is 97.1 Å². The molecule has 1 aliphatic heterocycles. The van der Waals surface area contributed by atoms with Crippen LogP contribution >= 0.6 is 0 Å². The number of aromatic nitrogens is 3. The first kappa shape index (κ1) is 25.1. The predicted octanol–water partition coefficient (Wildman–Crippen LogP) is 6.04. The number of ether oxygens (including phenoxy) is 3. The maximum atomic E-state index is 9.54. The van der Waals surface area contributed by atoms with E-state index in [0.717, 1.165) is 22.3 Å².